The van der Waals surface area contributed by atoms with Gasteiger partial charge in [-0.15, -0.1) is 0 Å². The smallest absolute Gasteiger partial charge is 0.165 e. The highest BCUT2D eigenvalue weighted by Crippen LogP contribution is 2.24. The van der Waals surface area contributed by atoms with Gasteiger partial charge in [0.2, 0.25) is 0 Å². The molecule has 0 bridgehead atoms. The first kappa shape index (κ1) is 15.5. The molecule has 2 nitrogen and oxygen atoms in total. The number of aliphatic hydroxyl groups is 1. The van der Waals surface area contributed by atoms with Gasteiger partial charge in [0.1, 0.15) is 6.61 Å². The largest absolute Gasteiger partial charge is 0.486 e. The van der Waals surface area contributed by atoms with Gasteiger partial charge in [0.05, 0.1) is 6.10 Å². The summed E-state index contributed by atoms with van der Waals surface area (Å²) in [6.07, 6.45) is -0.685. The number of halogens is 1. The molecule has 0 heterocycles. The highest BCUT2D eigenvalue weighted by Gasteiger charge is 2.10. The number of rotatable bonds is 4. The minimum Gasteiger partial charge on any atom is -0.486 e. The number of hydrogen-bond acceptors (Lipinski definition) is 2. The first-order valence-corrected chi connectivity index (χ1v) is 7.05. The number of aliphatic hydroxyl groups excluding tert-OH is 1. The highest BCUT2D eigenvalue weighted by atomic mass is 19.1. The maximum absolute atomic E-state index is 13.9. The maximum atomic E-state index is 13.9. The Hall–Kier alpha value is -1.87. The molecular formula is C18H21FO2. The average molecular weight is 288 g/mol. The van der Waals surface area contributed by atoms with Gasteiger partial charge in [-0.1, -0.05) is 23.8 Å². The lowest BCUT2D eigenvalue weighted by atomic mass is 10.0. The number of aryl methyl sites for hydroxylation is 3. The van der Waals surface area contributed by atoms with E-state index < -0.39 is 11.9 Å². The van der Waals surface area contributed by atoms with E-state index in [0.717, 1.165) is 16.7 Å². The van der Waals surface area contributed by atoms with Crippen molar-refractivity contribution in [3.8, 4) is 5.75 Å². The second-order valence-electron chi connectivity index (χ2n) is 5.53. The van der Waals surface area contributed by atoms with Crippen molar-refractivity contribution in [3.05, 3.63) is 64.0 Å². The summed E-state index contributed by atoms with van der Waals surface area (Å²) >= 11 is 0. The Bertz CT molecular complexity index is 625. The Kier molecular flexibility index (Phi) is 4.63. The molecule has 21 heavy (non-hydrogen) atoms. The number of hydrogen-bond donors (Lipinski definition) is 1. The van der Waals surface area contributed by atoms with Gasteiger partial charge in [-0.2, -0.15) is 0 Å². The summed E-state index contributed by atoms with van der Waals surface area (Å²) in [5.74, 6) is -0.241. The summed E-state index contributed by atoms with van der Waals surface area (Å²) in [6, 6.07) is 8.75. The molecule has 0 aliphatic carbocycles. The lowest BCUT2D eigenvalue weighted by Gasteiger charge is -2.14. The lowest BCUT2D eigenvalue weighted by Crippen LogP contribution is -2.03. The molecule has 0 aliphatic rings. The molecule has 0 amide bonds. The van der Waals surface area contributed by atoms with E-state index >= 15 is 0 Å². The Balaban J connectivity index is 2.17. The van der Waals surface area contributed by atoms with Crippen LogP contribution < -0.4 is 4.74 Å². The first-order chi connectivity index (χ1) is 9.88. The Labute approximate surface area is 125 Å². The molecule has 2 aromatic rings. The van der Waals surface area contributed by atoms with Crippen LogP contribution in [0.2, 0.25) is 0 Å². The predicted octanol–water partition coefficient (Wildman–Crippen LogP) is 4.38. The molecule has 0 spiro atoms. The fourth-order valence-electron chi connectivity index (χ4n) is 2.48. The maximum Gasteiger partial charge on any atom is 0.165 e. The van der Waals surface area contributed by atoms with E-state index in [4.69, 9.17) is 4.74 Å². The Morgan fingerprint density at radius 3 is 2.24 bits per heavy atom. The zero-order valence-electron chi connectivity index (χ0n) is 12.9. The van der Waals surface area contributed by atoms with Gasteiger partial charge in [-0.25, -0.2) is 4.39 Å². The molecule has 0 fully saturated rings. The summed E-state index contributed by atoms with van der Waals surface area (Å²) in [5, 5.41) is 9.44. The van der Waals surface area contributed by atoms with Crippen LogP contribution in [0.4, 0.5) is 4.39 Å². The molecular weight excluding hydrogens is 267 g/mol. The fraction of sp³-hybridized carbons (Fsp3) is 0.333. The van der Waals surface area contributed by atoms with Crippen LogP contribution in [-0.4, -0.2) is 5.11 Å². The molecule has 0 aromatic heterocycles. The van der Waals surface area contributed by atoms with Crippen LogP contribution in [0.3, 0.4) is 0 Å². The van der Waals surface area contributed by atoms with E-state index in [1.807, 2.05) is 13.8 Å². The lowest BCUT2D eigenvalue weighted by molar-refractivity contribution is 0.198. The van der Waals surface area contributed by atoms with E-state index in [9.17, 15) is 9.50 Å². The molecule has 0 aliphatic heterocycles. The van der Waals surface area contributed by atoms with Crippen LogP contribution in [-0.2, 0) is 6.61 Å². The highest BCUT2D eigenvalue weighted by molar-refractivity contribution is 5.38. The van der Waals surface area contributed by atoms with Gasteiger partial charge in [0, 0.05) is 0 Å². The van der Waals surface area contributed by atoms with E-state index in [1.165, 1.54) is 11.6 Å². The van der Waals surface area contributed by atoms with Gasteiger partial charge in [0.15, 0.2) is 11.6 Å². The number of ether oxygens (including phenoxy) is 1. The molecule has 2 rings (SSSR count). The Morgan fingerprint density at radius 1 is 1.10 bits per heavy atom. The quantitative estimate of drug-likeness (QED) is 0.904. The minimum absolute atomic E-state index is 0.207. The third-order valence-electron chi connectivity index (χ3n) is 3.65. The van der Waals surface area contributed by atoms with Crippen molar-refractivity contribution < 1.29 is 14.2 Å². The fourth-order valence-corrected chi connectivity index (χ4v) is 2.48. The van der Waals surface area contributed by atoms with Crippen molar-refractivity contribution in [2.45, 2.75) is 40.4 Å². The van der Waals surface area contributed by atoms with Crippen LogP contribution in [0, 0.1) is 26.6 Å². The van der Waals surface area contributed by atoms with Gasteiger partial charge >= 0.3 is 0 Å². The standard InChI is InChI=1S/C18H21FO2/c1-11-7-12(2)16(13(3)8-11)10-21-18-6-5-15(14(4)20)9-17(18)19/h5-9,14,20H,10H2,1-4H3/t14-/m1/s1. The molecule has 112 valence electrons. The topological polar surface area (TPSA) is 29.5 Å². The van der Waals surface area contributed by atoms with Crippen LogP contribution in [0.25, 0.3) is 0 Å². The van der Waals surface area contributed by atoms with Crippen molar-refractivity contribution in [1.82, 2.24) is 0 Å². The number of benzene rings is 2. The monoisotopic (exact) mass is 288 g/mol. The van der Waals surface area contributed by atoms with Crippen LogP contribution in [0.5, 0.6) is 5.75 Å². The van der Waals surface area contributed by atoms with E-state index in [1.54, 1.807) is 19.1 Å². The van der Waals surface area contributed by atoms with Gasteiger partial charge in [-0.05, 0) is 62.1 Å². The van der Waals surface area contributed by atoms with Gasteiger partial charge in [-0.3, -0.25) is 0 Å². The summed E-state index contributed by atoms with van der Waals surface area (Å²) in [5.41, 5.74) is 5.13. The Morgan fingerprint density at radius 2 is 1.71 bits per heavy atom. The molecule has 1 atom stereocenters. The minimum atomic E-state index is -0.685. The third-order valence-corrected chi connectivity index (χ3v) is 3.65. The summed E-state index contributed by atoms with van der Waals surface area (Å²) in [7, 11) is 0. The SMILES string of the molecule is Cc1cc(C)c(COc2ccc([C@@H](C)O)cc2F)c(C)c1. The molecule has 2 aromatic carbocycles. The normalized spacial score (nSPS) is 12.3. The van der Waals surface area contributed by atoms with Crippen molar-refractivity contribution in [3.63, 3.8) is 0 Å². The third kappa shape index (κ3) is 3.61. The molecule has 0 radical (unpaired) electrons. The van der Waals surface area contributed by atoms with E-state index in [2.05, 4.69) is 19.1 Å². The average Bonchev–Trinajstić information content (AvgIpc) is 2.38. The molecule has 0 saturated heterocycles. The van der Waals surface area contributed by atoms with Crippen LogP contribution >= 0.6 is 0 Å². The van der Waals surface area contributed by atoms with Crippen molar-refractivity contribution in [1.29, 1.82) is 0 Å². The summed E-state index contributed by atoms with van der Waals surface area (Å²) < 4.78 is 19.5. The molecule has 0 saturated carbocycles. The molecule has 3 heteroatoms. The zero-order chi connectivity index (χ0) is 15.6. The van der Waals surface area contributed by atoms with E-state index in [-0.39, 0.29) is 5.75 Å². The summed E-state index contributed by atoms with van der Waals surface area (Å²) in [6.45, 7) is 8.06. The van der Waals surface area contributed by atoms with Crippen LogP contribution in [0.1, 0.15) is 40.8 Å². The molecule has 0 unspecified atom stereocenters. The van der Waals surface area contributed by atoms with Crippen molar-refractivity contribution in [2.75, 3.05) is 0 Å². The van der Waals surface area contributed by atoms with Crippen molar-refractivity contribution in [2.24, 2.45) is 0 Å². The second-order valence-corrected chi connectivity index (χ2v) is 5.53. The molecule has 1 N–H and O–H groups in total. The van der Waals surface area contributed by atoms with Crippen molar-refractivity contribution >= 4 is 0 Å². The van der Waals surface area contributed by atoms with E-state index in [0.29, 0.717) is 12.2 Å². The predicted molar refractivity (Wildman–Crippen MR) is 82.0 cm³/mol. The van der Waals surface area contributed by atoms with Gasteiger partial charge < -0.3 is 9.84 Å². The van der Waals surface area contributed by atoms with Crippen LogP contribution in [0.15, 0.2) is 30.3 Å². The van der Waals surface area contributed by atoms with Gasteiger partial charge in [0.25, 0.3) is 0 Å². The zero-order valence-corrected chi connectivity index (χ0v) is 12.9. The summed E-state index contributed by atoms with van der Waals surface area (Å²) in [4.78, 5) is 0. The first-order valence-electron chi connectivity index (χ1n) is 7.05. The second kappa shape index (κ2) is 6.27.